The lowest BCUT2D eigenvalue weighted by molar-refractivity contribution is 0.302. The normalized spacial score (nSPS) is 11.0. The molecule has 0 N–H and O–H groups in total. The van der Waals surface area contributed by atoms with Crippen LogP contribution in [-0.4, -0.2) is 11.6 Å². The van der Waals surface area contributed by atoms with Gasteiger partial charge < -0.3 is 4.74 Å². The molecule has 0 bridgehead atoms. The fraction of sp³-hybridized carbons (Fsp3) is 0.235. The molecule has 2 heteroatoms. The molecule has 2 nitrogen and oxygen atoms in total. The van der Waals surface area contributed by atoms with Crippen molar-refractivity contribution in [2.24, 2.45) is 0 Å². The van der Waals surface area contributed by atoms with E-state index in [-0.39, 0.29) is 0 Å². The number of hydrogen-bond donors (Lipinski definition) is 0. The highest BCUT2D eigenvalue weighted by atomic mass is 16.5. The molecule has 0 unspecified atom stereocenters. The van der Waals surface area contributed by atoms with Crippen molar-refractivity contribution in [1.29, 1.82) is 0 Å². The fourth-order valence-electron chi connectivity index (χ4n) is 2.30. The Hall–Kier alpha value is -2.09. The summed E-state index contributed by atoms with van der Waals surface area (Å²) in [5, 5.41) is 3.48. The van der Waals surface area contributed by atoms with E-state index in [4.69, 9.17) is 4.74 Å². The zero-order valence-electron chi connectivity index (χ0n) is 11.1. The van der Waals surface area contributed by atoms with E-state index in [9.17, 15) is 0 Å². The van der Waals surface area contributed by atoms with Crippen LogP contribution in [0.15, 0.2) is 48.5 Å². The number of benzene rings is 2. The second-order valence-electron chi connectivity index (χ2n) is 4.68. The minimum absolute atomic E-state index is 0.728. The summed E-state index contributed by atoms with van der Waals surface area (Å²) in [4.78, 5) is 4.65. The minimum atomic E-state index is 0.728. The number of nitrogens with zero attached hydrogens (tertiary/aromatic N) is 1. The number of pyridine rings is 1. The van der Waals surface area contributed by atoms with Crippen LogP contribution in [0.5, 0.6) is 5.88 Å². The highest BCUT2D eigenvalue weighted by molar-refractivity contribution is 6.07. The molecular formula is C17H17NO. The van der Waals surface area contributed by atoms with Crippen LogP contribution < -0.4 is 4.74 Å². The van der Waals surface area contributed by atoms with Gasteiger partial charge in [0, 0.05) is 10.8 Å². The smallest absolute Gasteiger partial charge is 0.221 e. The van der Waals surface area contributed by atoms with Gasteiger partial charge in [-0.3, -0.25) is 0 Å². The molecule has 3 aromatic rings. The Labute approximate surface area is 113 Å². The third kappa shape index (κ3) is 2.26. The topological polar surface area (TPSA) is 22.1 Å². The molecule has 0 aliphatic rings. The molecule has 0 amide bonds. The first-order chi connectivity index (χ1) is 9.40. The lowest BCUT2D eigenvalue weighted by Crippen LogP contribution is -1.99. The van der Waals surface area contributed by atoms with E-state index in [0.29, 0.717) is 0 Å². The third-order valence-corrected chi connectivity index (χ3v) is 3.31. The molecule has 2 aromatic carbocycles. The molecule has 96 valence electrons. The number of unbranched alkanes of at least 4 members (excludes halogenated alkanes) is 1. The Morgan fingerprint density at radius 1 is 0.895 bits per heavy atom. The van der Waals surface area contributed by atoms with Crippen LogP contribution in [0.2, 0.25) is 0 Å². The number of ether oxygens (including phenoxy) is 1. The Balaban J connectivity index is 2.18. The quantitative estimate of drug-likeness (QED) is 0.500. The van der Waals surface area contributed by atoms with Gasteiger partial charge in [-0.25, -0.2) is 4.98 Å². The van der Waals surface area contributed by atoms with Gasteiger partial charge in [0.1, 0.15) is 0 Å². The molecule has 0 spiro atoms. The van der Waals surface area contributed by atoms with Crippen LogP contribution in [0.1, 0.15) is 19.8 Å². The molecule has 0 fully saturated rings. The standard InChI is InChI=1S/C17H17NO/c1-2-3-12-19-17-15-10-5-4-8-13(15)14-9-6-7-11-16(14)18-17/h4-11H,2-3,12H2,1H3. The zero-order valence-corrected chi connectivity index (χ0v) is 11.1. The van der Waals surface area contributed by atoms with Gasteiger partial charge in [-0.05, 0) is 23.9 Å². The van der Waals surface area contributed by atoms with Crippen LogP contribution in [0.3, 0.4) is 0 Å². The first-order valence-corrected chi connectivity index (χ1v) is 6.80. The molecule has 19 heavy (non-hydrogen) atoms. The maximum absolute atomic E-state index is 5.86. The Morgan fingerprint density at radius 2 is 1.58 bits per heavy atom. The van der Waals surface area contributed by atoms with Crippen molar-refractivity contribution in [2.45, 2.75) is 19.8 Å². The average Bonchev–Trinajstić information content (AvgIpc) is 2.47. The van der Waals surface area contributed by atoms with Crippen molar-refractivity contribution < 1.29 is 4.74 Å². The fourth-order valence-corrected chi connectivity index (χ4v) is 2.30. The summed E-state index contributed by atoms with van der Waals surface area (Å²) >= 11 is 0. The van der Waals surface area contributed by atoms with Gasteiger partial charge in [-0.15, -0.1) is 0 Å². The van der Waals surface area contributed by atoms with Gasteiger partial charge >= 0.3 is 0 Å². The van der Waals surface area contributed by atoms with Crippen LogP contribution >= 0.6 is 0 Å². The van der Waals surface area contributed by atoms with Gasteiger partial charge in [-0.2, -0.15) is 0 Å². The molecule has 0 aliphatic heterocycles. The molecule has 1 aromatic heterocycles. The van der Waals surface area contributed by atoms with E-state index in [0.717, 1.165) is 36.2 Å². The number of hydrogen-bond acceptors (Lipinski definition) is 2. The Bertz CT molecular complexity index is 706. The van der Waals surface area contributed by atoms with Crippen LogP contribution in [0.4, 0.5) is 0 Å². The first kappa shape index (κ1) is 12.0. The number of para-hydroxylation sites is 1. The van der Waals surface area contributed by atoms with Crippen LogP contribution in [-0.2, 0) is 0 Å². The van der Waals surface area contributed by atoms with Gasteiger partial charge in [0.2, 0.25) is 5.88 Å². The predicted molar refractivity (Wildman–Crippen MR) is 79.7 cm³/mol. The highest BCUT2D eigenvalue weighted by Crippen LogP contribution is 2.30. The summed E-state index contributed by atoms with van der Waals surface area (Å²) < 4.78 is 5.86. The number of aromatic nitrogens is 1. The van der Waals surface area contributed by atoms with Gasteiger partial charge in [0.25, 0.3) is 0 Å². The Morgan fingerprint density at radius 3 is 2.37 bits per heavy atom. The summed E-state index contributed by atoms with van der Waals surface area (Å²) in [7, 11) is 0. The van der Waals surface area contributed by atoms with Crippen molar-refractivity contribution in [3.8, 4) is 5.88 Å². The van der Waals surface area contributed by atoms with Gasteiger partial charge in [0.15, 0.2) is 0 Å². The molecule has 1 heterocycles. The summed E-state index contributed by atoms with van der Waals surface area (Å²) in [6.07, 6.45) is 2.19. The van der Waals surface area contributed by atoms with E-state index >= 15 is 0 Å². The van der Waals surface area contributed by atoms with E-state index in [2.05, 4.69) is 36.2 Å². The van der Waals surface area contributed by atoms with E-state index in [1.165, 1.54) is 10.8 Å². The molecule has 0 aliphatic carbocycles. The number of fused-ring (bicyclic) bond motifs is 3. The summed E-state index contributed by atoms with van der Waals surface area (Å²) in [6, 6.07) is 16.5. The molecule has 0 radical (unpaired) electrons. The van der Waals surface area contributed by atoms with Crippen LogP contribution in [0.25, 0.3) is 21.7 Å². The molecular weight excluding hydrogens is 234 g/mol. The van der Waals surface area contributed by atoms with Crippen molar-refractivity contribution in [1.82, 2.24) is 4.98 Å². The molecule has 0 saturated carbocycles. The second-order valence-corrected chi connectivity index (χ2v) is 4.68. The average molecular weight is 251 g/mol. The van der Waals surface area contributed by atoms with Crippen molar-refractivity contribution in [3.63, 3.8) is 0 Å². The Kier molecular flexibility index (Phi) is 3.32. The zero-order chi connectivity index (χ0) is 13.1. The maximum Gasteiger partial charge on any atom is 0.221 e. The van der Waals surface area contributed by atoms with Gasteiger partial charge in [-0.1, -0.05) is 49.7 Å². The largest absolute Gasteiger partial charge is 0.477 e. The highest BCUT2D eigenvalue weighted by Gasteiger charge is 2.08. The van der Waals surface area contributed by atoms with Crippen molar-refractivity contribution >= 4 is 21.7 Å². The number of rotatable bonds is 4. The summed E-state index contributed by atoms with van der Waals surface area (Å²) in [6.45, 7) is 2.89. The van der Waals surface area contributed by atoms with Crippen molar-refractivity contribution in [2.75, 3.05) is 6.61 Å². The van der Waals surface area contributed by atoms with Crippen molar-refractivity contribution in [3.05, 3.63) is 48.5 Å². The van der Waals surface area contributed by atoms with E-state index < -0.39 is 0 Å². The van der Waals surface area contributed by atoms with E-state index in [1.54, 1.807) is 0 Å². The summed E-state index contributed by atoms with van der Waals surface area (Å²) in [5.74, 6) is 0.753. The maximum atomic E-state index is 5.86. The molecule has 0 atom stereocenters. The molecule has 0 saturated heterocycles. The monoisotopic (exact) mass is 251 g/mol. The lowest BCUT2D eigenvalue weighted by Gasteiger charge is -2.10. The second kappa shape index (κ2) is 5.27. The predicted octanol–water partition coefficient (Wildman–Crippen LogP) is 4.57. The lowest BCUT2D eigenvalue weighted by atomic mass is 10.1. The molecule has 3 rings (SSSR count). The van der Waals surface area contributed by atoms with Crippen LogP contribution in [0, 0.1) is 0 Å². The summed E-state index contributed by atoms with van der Waals surface area (Å²) in [5.41, 5.74) is 0.993. The van der Waals surface area contributed by atoms with E-state index in [1.807, 2.05) is 24.3 Å². The first-order valence-electron chi connectivity index (χ1n) is 6.80. The minimum Gasteiger partial charge on any atom is -0.477 e. The SMILES string of the molecule is CCCCOc1nc2ccccc2c2ccccc12. The van der Waals surface area contributed by atoms with Gasteiger partial charge in [0.05, 0.1) is 12.1 Å². The third-order valence-electron chi connectivity index (χ3n) is 3.31.